The maximum Gasteiger partial charge on any atom is 0.325 e. The summed E-state index contributed by atoms with van der Waals surface area (Å²) in [5, 5.41) is 11.4. The van der Waals surface area contributed by atoms with Crippen molar-refractivity contribution in [3.05, 3.63) is 29.8 Å². The zero-order chi connectivity index (χ0) is 14.5. The van der Waals surface area contributed by atoms with E-state index in [1.165, 1.54) is 0 Å². The van der Waals surface area contributed by atoms with E-state index in [1.54, 1.807) is 20.3 Å². The van der Waals surface area contributed by atoms with Gasteiger partial charge in [-0.15, -0.1) is 0 Å². The third-order valence-electron chi connectivity index (χ3n) is 3.54. The lowest BCUT2D eigenvalue weighted by atomic mass is 10.0. The largest absolute Gasteiger partial charge is 0.497 e. The second-order valence-electron chi connectivity index (χ2n) is 4.66. The van der Waals surface area contributed by atoms with Crippen LogP contribution >= 0.6 is 0 Å². The number of aliphatic carboxylic acids is 1. The SMILES string of the molecule is C.COc1cccc(C(C(=O)O)N2CCN(OC)CC2)c1. The third kappa shape index (κ3) is 4.17. The van der Waals surface area contributed by atoms with Gasteiger partial charge in [0.05, 0.1) is 14.2 Å². The highest BCUT2D eigenvalue weighted by molar-refractivity contribution is 5.75. The van der Waals surface area contributed by atoms with Crippen molar-refractivity contribution in [3.63, 3.8) is 0 Å². The zero-order valence-corrected chi connectivity index (χ0v) is 11.8. The van der Waals surface area contributed by atoms with Gasteiger partial charge in [0.1, 0.15) is 11.8 Å². The third-order valence-corrected chi connectivity index (χ3v) is 3.54. The number of hydroxylamine groups is 2. The molecular weight excluding hydrogens is 272 g/mol. The topological polar surface area (TPSA) is 62.2 Å². The average Bonchev–Trinajstić information content (AvgIpc) is 2.48. The molecule has 118 valence electrons. The molecule has 0 saturated carbocycles. The maximum absolute atomic E-state index is 11.6. The van der Waals surface area contributed by atoms with Gasteiger partial charge in [-0.1, -0.05) is 19.6 Å². The van der Waals surface area contributed by atoms with Crippen LogP contribution in [0.5, 0.6) is 5.75 Å². The van der Waals surface area contributed by atoms with Gasteiger partial charge < -0.3 is 14.7 Å². The molecule has 1 aromatic carbocycles. The Bertz CT molecular complexity index is 459. The van der Waals surface area contributed by atoms with Crippen molar-refractivity contribution < 1.29 is 19.5 Å². The van der Waals surface area contributed by atoms with Crippen LogP contribution in [0.25, 0.3) is 0 Å². The van der Waals surface area contributed by atoms with E-state index in [-0.39, 0.29) is 7.43 Å². The highest BCUT2D eigenvalue weighted by atomic mass is 16.7. The van der Waals surface area contributed by atoms with E-state index >= 15 is 0 Å². The van der Waals surface area contributed by atoms with E-state index in [0.717, 1.165) is 5.56 Å². The Labute approximate surface area is 125 Å². The monoisotopic (exact) mass is 296 g/mol. The summed E-state index contributed by atoms with van der Waals surface area (Å²) < 4.78 is 5.17. The molecule has 1 atom stereocenters. The standard InChI is InChI=1S/C14H20N2O4.CH4/c1-19-12-5-3-4-11(10-12)13(14(17)18)15-6-8-16(20-2)9-7-15;/h3-5,10,13H,6-9H2,1-2H3,(H,17,18);1H4. The van der Waals surface area contributed by atoms with Crippen molar-refractivity contribution in [3.8, 4) is 5.75 Å². The van der Waals surface area contributed by atoms with Gasteiger partial charge in [0.15, 0.2) is 0 Å². The molecule has 1 aromatic rings. The number of methoxy groups -OCH3 is 1. The molecule has 1 unspecified atom stereocenters. The molecule has 0 spiro atoms. The van der Waals surface area contributed by atoms with E-state index in [4.69, 9.17) is 9.57 Å². The van der Waals surface area contributed by atoms with Gasteiger partial charge in [0, 0.05) is 26.2 Å². The first-order valence-corrected chi connectivity index (χ1v) is 6.55. The van der Waals surface area contributed by atoms with Crippen LogP contribution in [0.1, 0.15) is 19.0 Å². The smallest absolute Gasteiger partial charge is 0.325 e. The average molecular weight is 296 g/mol. The van der Waals surface area contributed by atoms with Crippen LogP contribution < -0.4 is 4.74 Å². The highest BCUT2D eigenvalue weighted by Gasteiger charge is 2.30. The number of carbonyl (C=O) groups is 1. The Kier molecular flexibility index (Phi) is 6.61. The van der Waals surface area contributed by atoms with Crippen LogP contribution in [0.15, 0.2) is 24.3 Å². The number of piperazine rings is 1. The molecule has 1 heterocycles. The molecule has 0 amide bonds. The summed E-state index contributed by atoms with van der Waals surface area (Å²) >= 11 is 0. The molecule has 1 aliphatic rings. The lowest BCUT2D eigenvalue weighted by Crippen LogP contribution is -2.48. The summed E-state index contributed by atoms with van der Waals surface area (Å²) in [5.74, 6) is -0.173. The first-order valence-electron chi connectivity index (χ1n) is 6.55. The summed E-state index contributed by atoms with van der Waals surface area (Å²) in [7, 11) is 3.21. The van der Waals surface area contributed by atoms with Gasteiger partial charge in [-0.2, -0.15) is 5.06 Å². The molecule has 0 aliphatic carbocycles. The van der Waals surface area contributed by atoms with Gasteiger partial charge in [-0.05, 0) is 17.7 Å². The second-order valence-corrected chi connectivity index (χ2v) is 4.66. The summed E-state index contributed by atoms with van der Waals surface area (Å²) in [6, 6.07) is 6.58. The van der Waals surface area contributed by atoms with Crippen molar-refractivity contribution in [2.24, 2.45) is 0 Å². The quantitative estimate of drug-likeness (QED) is 0.891. The predicted octanol–water partition coefficient (Wildman–Crippen LogP) is 1.64. The van der Waals surface area contributed by atoms with Crippen molar-refractivity contribution >= 4 is 5.97 Å². The minimum atomic E-state index is -0.843. The summed E-state index contributed by atoms with van der Waals surface area (Å²) in [5.41, 5.74) is 0.739. The van der Waals surface area contributed by atoms with Gasteiger partial charge in [0.2, 0.25) is 0 Å². The van der Waals surface area contributed by atoms with Crippen molar-refractivity contribution in [2.75, 3.05) is 40.4 Å². The Balaban J connectivity index is 0.00000220. The first-order chi connectivity index (χ1) is 9.65. The Morgan fingerprint density at radius 2 is 1.90 bits per heavy atom. The minimum absolute atomic E-state index is 0. The molecular formula is C15H24N2O4. The molecule has 2 rings (SSSR count). The molecule has 1 N–H and O–H groups in total. The Hall–Kier alpha value is -1.63. The van der Waals surface area contributed by atoms with Crippen LogP contribution in [0.2, 0.25) is 0 Å². The van der Waals surface area contributed by atoms with Crippen molar-refractivity contribution in [1.82, 2.24) is 9.96 Å². The number of ether oxygens (including phenoxy) is 1. The number of hydrogen-bond donors (Lipinski definition) is 1. The Morgan fingerprint density at radius 3 is 2.43 bits per heavy atom. The second kappa shape index (κ2) is 7.97. The predicted molar refractivity (Wildman–Crippen MR) is 80.3 cm³/mol. The van der Waals surface area contributed by atoms with Gasteiger partial charge >= 0.3 is 5.97 Å². The lowest BCUT2D eigenvalue weighted by molar-refractivity contribution is -0.163. The van der Waals surface area contributed by atoms with Gasteiger partial charge in [-0.3, -0.25) is 9.69 Å². The molecule has 1 saturated heterocycles. The number of nitrogens with zero attached hydrogens (tertiary/aromatic N) is 2. The molecule has 0 radical (unpaired) electrons. The van der Waals surface area contributed by atoms with Gasteiger partial charge in [-0.25, -0.2) is 0 Å². The number of hydrogen-bond acceptors (Lipinski definition) is 5. The molecule has 6 heteroatoms. The van der Waals surface area contributed by atoms with E-state index in [1.807, 2.05) is 28.2 Å². The summed E-state index contributed by atoms with van der Waals surface area (Å²) in [6.07, 6.45) is 0. The minimum Gasteiger partial charge on any atom is -0.497 e. The van der Waals surface area contributed by atoms with Crippen LogP contribution in [-0.4, -0.2) is 61.4 Å². The van der Waals surface area contributed by atoms with Crippen LogP contribution in [0, 0.1) is 0 Å². The van der Waals surface area contributed by atoms with E-state index in [9.17, 15) is 9.90 Å². The van der Waals surface area contributed by atoms with E-state index in [2.05, 4.69) is 0 Å². The fourth-order valence-corrected chi connectivity index (χ4v) is 2.47. The lowest BCUT2D eigenvalue weighted by Gasteiger charge is -2.36. The first kappa shape index (κ1) is 17.4. The van der Waals surface area contributed by atoms with Crippen LogP contribution in [0.4, 0.5) is 0 Å². The zero-order valence-electron chi connectivity index (χ0n) is 11.8. The number of carboxylic acids is 1. The van der Waals surface area contributed by atoms with E-state index in [0.29, 0.717) is 31.9 Å². The number of rotatable bonds is 5. The molecule has 0 aromatic heterocycles. The fourth-order valence-electron chi connectivity index (χ4n) is 2.47. The van der Waals surface area contributed by atoms with Crippen LogP contribution in [0.3, 0.4) is 0 Å². The van der Waals surface area contributed by atoms with E-state index < -0.39 is 12.0 Å². The Morgan fingerprint density at radius 1 is 1.24 bits per heavy atom. The van der Waals surface area contributed by atoms with Crippen molar-refractivity contribution in [1.29, 1.82) is 0 Å². The normalized spacial score (nSPS) is 17.8. The van der Waals surface area contributed by atoms with Crippen LogP contribution in [-0.2, 0) is 9.63 Å². The highest BCUT2D eigenvalue weighted by Crippen LogP contribution is 2.25. The summed E-state index contributed by atoms with van der Waals surface area (Å²) in [6.45, 7) is 2.71. The maximum atomic E-state index is 11.6. The molecule has 21 heavy (non-hydrogen) atoms. The molecule has 0 bridgehead atoms. The fraction of sp³-hybridized carbons (Fsp3) is 0.533. The summed E-state index contributed by atoms with van der Waals surface area (Å²) in [4.78, 5) is 18.7. The number of carboxylic acid groups (broad SMARTS) is 1. The number of benzene rings is 1. The molecule has 1 fully saturated rings. The van der Waals surface area contributed by atoms with Gasteiger partial charge in [0.25, 0.3) is 0 Å². The molecule has 1 aliphatic heterocycles. The molecule has 6 nitrogen and oxygen atoms in total. The van der Waals surface area contributed by atoms with Crippen molar-refractivity contribution in [2.45, 2.75) is 13.5 Å².